The molecule has 0 heterocycles. The van der Waals surface area contributed by atoms with Gasteiger partial charge in [-0.3, -0.25) is 9.59 Å². The van der Waals surface area contributed by atoms with Gasteiger partial charge in [0.25, 0.3) is 0 Å². The maximum absolute atomic E-state index is 11.9. The quantitative estimate of drug-likeness (QED) is 0.549. The molecule has 1 N–H and O–H groups in total. The lowest BCUT2D eigenvalue weighted by atomic mass is 10.1. The summed E-state index contributed by atoms with van der Waals surface area (Å²) in [4.78, 5) is 23.7. The molecule has 1 aliphatic carbocycles. The molecule has 0 aliphatic heterocycles. The molecule has 130 valence electrons. The highest BCUT2D eigenvalue weighted by atomic mass is 79.9. The first kappa shape index (κ1) is 19.0. The number of hydrogen-bond donors (Lipinski definition) is 1. The standard InChI is InChI=1S/C17H21BrN2O3S/c1-2-23-17(22)13-7-5-9-15(13)19-20-16(21)11-24-10-12-6-3-4-8-14(12)18/h3-4,6,8,13H,2,5,7,9-11H2,1H3,(H,20,21)/b19-15+. The van der Waals surface area contributed by atoms with Crippen molar-refractivity contribution in [3.05, 3.63) is 34.3 Å². The third kappa shape index (κ3) is 5.63. The maximum atomic E-state index is 11.9. The van der Waals surface area contributed by atoms with Gasteiger partial charge < -0.3 is 4.74 Å². The van der Waals surface area contributed by atoms with Crippen molar-refractivity contribution in [2.75, 3.05) is 12.4 Å². The van der Waals surface area contributed by atoms with Gasteiger partial charge in [0, 0.05) is 10.2 Å². The molecule has 1 aliphatic rings. The van der Waals surface area contributed by atoms with Gasteiger partial charge in [-0.25, -0.2) is 5.43 Å². The summed E-state index contributed by atoms with van der Waals surface area (Å²) < 4.78 is 6.09. The van der Waals surface area contributed by atoms with Crippen molar-refractivity contribution in [2.45, 2.75) is 31.9 Å². The van der Waals surface area contributed by atoms with E-state index in [1.807, 2.05) is 24.3 Å². The van der Waals surface area contributed by atoms with Gasteiger partial charge in [0.1, 0.15) is 0 Å². The lowest BCUT2D eigenvalue weighted by Crippen LogP contribution is -2.26. The Morgan fingerprint density at radius 1 is 1.42 bits per heavy atom. The molecule has 1 fully saturated rings. The average molecular weight is 413 g/mol. The van der Waals surface area contributed by atoms with Crippen molar-refractivity contribution in [2.24, 2.45) is 11.0 Å². The van der Waals surface area contributed by atoms with Gasteiger partial charge in [0.2, 0.25) is 5.91 Å². The molecule has 1 amide bonds. The molecular formula is C17H21BrN2O3S. The number of carbonyl (C=O) groups excluding carboxylic acids is 2. The van der Waals surface area contributed by atoms with Crippen molar-refractivity contribution in [1.29, 1.82) is 0 Å². The van der Waals surface area contributed by atoms with Crippen LogP contribution in [0.4, 0.5) is 0 Å². The normalized spacial score (nSPS) is 18.6. The van der Waals surface area contributed by atoms with Crippen LogP contribution in [0, 0.1) is 5.92 Å². The Morgan fingerprint density at radius 3 is 2.96 bits per heavy atom. The van der Waals surface area contributed by atoms with Crippen LogP contribution >= 0.6 is 27.7 Å². The third-order valence-electron chi connectivity index (χ3n) is 3.67. The second-order valence-electron chi connectivity index (χ2n) is 5.42. The molecule has 0 spiro atoms. The highest BCUT2D eigenvalue weighted by molar-refractivity contribution is 9.10. The molecular weight excluding hydrogens is 392 g/mol. The Kier molecular flexibility index (Phi) is 7.78. The summed E-state index contributed by atoms with van der Waals surface area (Å²) in [5.41, 5.74) is 4.43. The minimum atomic E-state index is -0.307. The van der Waals surface area contributed by atoms with E-state index < -0.39 is 0 Å². The van der Waals surface area contributed by atoms with E-state index in [9.17, 15) is 9.59 Å². The van der Waals surface area contributed by atoms with E-state index in [0.717, 1.165) is 40.8 Å². The highest BCUT2D eigenvalue weighted by Crippen LogP contribution is 2.24. The first-order chi connectivity index (χ1) is 11.6. The lowest BCUT2D eigenvalue weighted by molar-refractivity contribution is -0.145. The fraction of sp³-hybridized carbons (Fsp3) is 0.471. The van der Waals surface area contributed by atoms with Crippen LogP contribution in [0.2, 0.25) is 0 Å². The number of hydrazone groups is 1. The Labute approximate surface area is 154 Å². The monoisotopic (exact) mass is 412 g/mol. The van der Waals surface area contributed by atoms with Crippen LogP contribution in [-0.4, -0.2) is 29.9 Å². The number of rotatable bonds is 7. The smallest absolute Gasteiger partial charge is 0.314 e. The second-order valence-corrected chi connectivity index (χ2v) is 7.26. The zero-order valence-electron chi connectivity index (χ0n) is 13.6. The summed E-state index contributed by atoms with van der Waals surface area (Å²) in [6.07, 6.45) is 2.37. The molecule has 0 radical (unpaired) electrons. The van der Waals surface area contributed by atoms with E-state index >= 15 is 0 Å². The second kappa shape index (κ2) is 9.84. The Balaban J connectivity index is 1.78. The third-order valence-corrected chi connectivity index (χ3v) is 5.43. The molecule has 0 saturated heterocycles. The number of esters is 1. The van der Waals surface area contributed by atoms with Crippen LogP contribution in [0.15, 0.2) is 33.8 Å². The molecule has 1 atom stereocenters. The Morgan fingerprint density at radius 2 is 2.21 bits per heavy atom. The van der Waals surface area contributed by atoms with E-state index in [1.165, 1.54) is 11.8 Å². The maximum Gasteiger partial charge on any atom is 0.314 e. The first-order valence-corrected chi connectivity index (χ1v) is 9.89. The minimum absolute atomic E-state index is 0.158. The highest BCUT2D eigenvalue weighted by Gasteiger charge is 2.30. The fourth-order valence-electron chi connectivity index (χ4n) is 2.49. The number of nitrogens with one attached hydrogen (secondary N) is 1. The summed E-state index contributed by atoms with van der Waals surface area (Å²) in [5, 5.41) is 4.14. The average Bonchev–Trinajstić information content (AvgIpc) is 3.03. The first-order valence-electron chi connectivity index (χ1n) is 7.95. The molecule has 1 saturated carbocycles. The van der Waals surface area contributed by atoms with Crippen LogP contribution in [0.25, 0.3) is 0 Å². The van der Waals surface area contributed by atoms with Gasteiger partial charge in [0.05, 0.1) is 24.0 Å². The predicted octanol–water partition coefficient (Wildman–Crippen LogP) is 3.52. The predicted molar refractivity (Wildman–Crippen MR) is 99.9 cm³/mol. The van der Waals surface area contributed by atoms with Crippen molar-refractivity contribution >= 4 is 45.3 Å². The molecule has 2 rings (SSSR count). The summed E-state index contributed by atoms with van der Waals surface area (Å²) in [6.45, 7) is 2.15. The number of hydrogen-bond acceptors (Lipinski definition) is 5. The van der Waals surface area contributed by atoms with Gasteiger partial charge in [-0.2, -0.15) is 5.10 Å². The molecule has 0 aromatic heterocycles. The van der Waals surface area contributed by atoms with Crippen molar-refractivity contribution in [3.63, 3.8) is 0 Å². The summed E-state index contributed by atoms with van der Waals surface area (Å²) in [5.74, 6) is 0.359. The molecule has 1 unspecified atom stereocenters. The number of ether oxygens (including phenoxy) is 1. The van der Waals surface area contributed by atoms with Crippen molar-refractivity contribution in [3.8, 4) is 0 Å². The van der Waals surface area contributed by atoms with E-state index in [0.29, 0.717) is 12.4 Å². The molecule has 24 heavy (non-hydrogen) atoms. The van der Waals surface area contributed by atoms with Crippen LogP contribution in [0.5, 0.6) is 0 Å². The number of amides is 1. The molecule has 7 heteroatoms. The fourth-order valence-corrected chi connectivity index (χ4v) is 3.93. The Hall–Kier alpha value is -1.34. The van der Waals surface area contributed by atoms with Crippen molar-refractivity contribution < 1.29 is 14.3 Å². The van der Waals surface area contributed by atoms with Gasteiger partial charge in [-0.05, 0) is 37.8 Å². The van der Waals surface area contributed by atoms with Gasteiger partial charge in [-0.1, -0.05) is 34.1 Å². The van der Waals surface area contributed by atoms with E-state index in [-0.39, 0.29) is 17.8 Å². The van der Waals surface area contributed by atoms with Crippen LogP contribution in [0.1, 0.15) is 31.7 Å². The van der Waals surface area contributed by atoms with Crippen LogP contribution < -0.4 is 5.43 Å². The molecule has 1 aromatic carbocycles. The molecule has 0 bridgehead atoms. The van der Waals surface area contributed by atoms with Gasteiger partial charge in [0.15, 0.2) is 0 Å². The van der Waals surface area contributed by atoms with Gasteiger partial charge >= 0.3 is 5.97 Å². The number of nitrogens with zero attached hydrogens (tertiary/aromatic N) is 1. The summed E-state index contributed by atoms with van der Waals surface area (Å²) in [7, 11) is 0. The number of thioether (sulfide) groups is 1. The number of carbonyl (C=O) groups is 2. The molecule has 5 nitrogen and oxygen atoms in total. The van der Waals surface area contributed by atoms with Crippen LogP contribution in [-0.2, 0) is 20.1 Å². The van der Waals surface area contributed by atoms with Crippen molar-refractivity contribution in [1.82, 2.24) is 5.43 Å². The van der Waals surface area contributed by atoms with E-state index in [2.05, 4.69) is 26.5 Å². The summed E-state index contributed by atoms with van der Waals surface area (Å²) >= 11 is 5.02. The zero-order chi connectivity index (χ0) is 17.4. The van der Waals surface area contributed by atoms with Crippen LogP contribution in [0.3, 0.4) is 0 Å². The summed E-state index contributed by atoms with van der Waals surface area (Å²) in [6, 6.07) is 7.94. The number of benzene rings is 1. The largest absolute Gasteiger partial charge is 0.465 e. The minimum Gasteiger partial charge on any atom is -0.465 e. The van der Waals surface area contributed by atoms with E-state index in [4.69, 9.17) is 4.74 Å². The topological polar surface area (TPSA) is 67.8 Å². The Bertz CT molecular complexity index is 622. The lowest BCUT2D eigenvalue weighted by Gasteiger charge is -2.10. The SMILES string of the molecule is CCOC(=O)C1CCC/C1=N\NC(=O)CSCc1ccccc1Br. The molecule has 1 aromatic rings. The zero-order valence-corrected chi connectivity index (χ0v) is 16.0. The number of halogens is 1. The van der Waals surface area contributed by atoms with E-state index in [1.54, 1.807) is 6.92 Å². The van der Waals surface area contributed by atoms with Gasteiger partial charge in [-0.15, -0.1) is 11.8 Å².